The molecule has 1 saturated heterocycles. The van der Waals surface area contributed by atoms with E-state index in [1.807, 2.05) is 0 Å². The normalized spacial score (nSPS) is 16.6. The molecule has 3 aromatic heterocycles. The molecule has 0 bridgehead atoms. The number of rotatable bonds is 5. The summed E-state index contributed by atoms with van der Waals surface area (Å²) in [6.07, 6.45) is 3.92. The number of pyridine rings is 1. The van der Waals surface area contributed by atoms with Crippen LogP contribution in [0.2, 0.25) is 0 Å². The van der Waals surface area contributed by atoms with Gasteiger partial charge in [-0.05, 0) is 18.6 Å². The van der Waals surface area contributed by atoms with Crippen LogP contribution in [0.1, 0.15) is 22.8 Å². The van der Waals surface area contributed by atoms with Crippen LogP contribution in [0.15, 0.2) is 35.4 Å². The van der Waals surface area contributed by atoms with Crippen molar-refractivity contribution in [3.63, 3.8) is 0 Å². The van der Waals surface area contributed by atoms with Gasteiger partial charge in [-0.15, -0.1) is 0 Å². The van der Waals surface area contributed by atoms with E-state index < -0.39 is 5.91 Å². The van der Waals surface area contributed by atoms with Crippen LogP contribution in [0, 0.1) is 0 Å². The number of nitrogens with one attached hydrogen (secondary N) is 2. The molecule has 4 rings (SSSR count). The average Bonchev–Trinajstić information content (AvgIpc) is 3.32. The fraction of sp³-hybridized carbons (Fsp3) is 0.294. The second-order valence-corrected chi connectivity index (χ2v) is 6.21. The fourth-order valence-electron chi connectivity index (χ4n) is 3.15. The highest BCUT2D eigenvalue weighted by atomic mass is 16.5. The largest absolute Gasteiger partial charge is 0.379 e. The third-order valence-electron chi connectivity index (χ3n) is 4.53. The minimum absolute atomic E-state index is 0.0267. The number of carbonyl (C=O) groups excluding carboxylic acids is 1. The second kappa shape index (κ2) is 6.72. The summed E-state index contributed by atoms with van der Waals surface area (Å²) >= 11 is 0. The standard InChI is InChI=1S/C17H19N7O3/c1-19-14-7-13(22-16-11(15(18)25)8-20-24(14)16)21-12-3-2-5-23(17(12)26)10-4-6-27-9-10/h2-3,5,7-8,10,19H,4,6,9H2,1H3,(H2,18,25)(H,21,22)/t10-/m1/s1. The predicted octanol–water partition coefficient (Wildman–Crippen LogP) is 0.737. The summed E-state index contributed by atoms with van der Waals surface area (Å²) in [4.78, 5) is 28.8. The number of primary amides is 1. The van der Waals surface area contributed by atoms with Crippen LogP contribution in [0.25, 0.3) is 5.65 Å². The number of amides is 1. The van der Waals surface area contributed by atoms with Crippen LogP contribution in [0.3, 0.4) is 0 Å². The van der Waals surface area contributed by atoms with E-state index in [-0.39, 0.29) is 17.2 Å². The van der Waals surface area contributed by atoms with Gasteiger partial charge in [0.1, 0.15) is 22.9 Å². The molecule has 0 unspecified atom stereocenters. The molecule has 0 saturated carbocycles. The average molecular weight is 369 g/mol. The van der Waals surface area contributed by atoms with E-state index in [1.165, 1.54) is 10.7 Å². The Balaban J connectivity index is 1.75. The summed E-state index contributed by atoms with van der Waals surface area (Å²) in [5, 5.41) is 10.2. The third kappa shape index (κ3) is 2.99. The lowest BCUT2D eigenvalue weighted by atomic mass is 10.2. The first-order valence-corrected chi connectivity index (χ1v) is 8.50. The van der Waals surface area contributed by atoms with Crippen LogP contribution >= 0.6 is 0 Å². The first kappa shape index (κ1) is 17.0. The molecular formula is C17H19N7O3. The molecule has 4 heterocycles. The number of aromatic nitrogens is 4. The Hall–Kier alpha value is -3.40. The highest BCUT2D eigenvalue weighted by molar-refractivity contribution is 5.98. The van der Waals surface area contributed by atoms with E-state index in [2.05, 4.69) is 20.7 Å². The van der Waals surface area contributed by atoms with E-state index in [9.17, 15) is 9.59 Å². The Bertz CT molecular complexity index is 1070. The van der Waals surface area contributed by atoms with Crippen LogP contribution in [-0.2, 0) is 4.74 Å². The van der Waals surface area contributed by atoms with Crippen molar-refractivity contribution in [2.24, 2.45) is 5.73 Å². The molecule has 1 fully saturated rings. The van der Waals surface area contributed by atoms with Crippen LogP contribution in [0.4, 0.5) is 17.3 Å². The van der Waals surface area contributed by atoms with Crippen LogP contribution in [0.5, 0.6) is 0 Å². The smallest absolute Gasteiger partial charge is 0.274 e. The van der Waals surface area contributed by atoms with Crippen molar-refractivity contribution in [3.8, 4) is 0 Å². The Labute approximate surface area is 154 Å². The SMILES string of the molecule is CNc1cc(Nc2cccn([C@@H]3CCOC3)c2=O)nc2c(C(N)=O)cnn12. The minimum atomic E-state index is -0.625. The number of anilines is 3. The summed E-state index contributed by atoms with van der Waals surface area (Å²) in [5.74, 6) is 0.364. The van der Waals surface area contributed by atoms with Crippen molar-refractivity contribution < 1.29 is 9.53 Å². The zero-order chi connectivity index (χ0) is 19.0. The van der Waals surface area contributed by atoms with Crippen molar-refractivity contribution in [3.05, 3.63) is 46.5 Å². The van der Waals surface area contributed by atoms with E-state index in [0.29, 0.717) is 36.2 Å². The molecule has 0 radical (unpaired) electrons. The highest BCUT2D eigenvalue weighted by Crippen LogP contribution is 2.22. The zero-order valence-electron chi connectivity index (χ0n) is 14.7. The molecule has 1 aliphatic heterocycles. The maximum absolute atomic E-state index is 12.8. The molecule has 0 spiro atoms. The minimum Gasteiger partial charge on any atom is -0.379 e. The van der Waals surface area contributed by atoms with Gasteiger partial charge in [0.05, 0.1) is 18.8 Å². The number of hydrogen-bond donors (Lipinski definition) is 3. The maximum atomic E-state index is 12.8. The lowest BCUT2D eigenvalue weighted by molar-refractivity contribution is 0.100. The molecule has 0 aromatic carbocycles. The van der Waals surface area contributed by atoms with Crippen molar-refractivity contribution in [1.82, 2.24) is 19.2 Å². The van der Waals surface area contributed by atoms with Gasteiger partial charge >= 0.3 is 0 Å². The summed E-state index contributed by atoms with van der Waals surface area (Å²) in [6.45, 7) is 1.17. The van der Waals surface area contributed by atoms with Gasteiger partial charge in [0.15, 0.2) is 5.65 Å². The number of carbonyl (C=O) groups is 1. The Kier molecular flexibility index (Phi) is 4.24. The van der Waals surface area contributed by atoms with Crippen molar-refractivity contribution in [2.45, 2.75) is 12.5 Å². The van der Waals surface area contributed by atoms with Gasteiger partial charge in [0.2, 0.25) is 0 Å². The van der Waals surface area contributed by atoms with E-state index in [1.54, 1.807) is 36.0 Å². The molecule has 1 aliphatic rings. The van der Waals surface area contributed by atoms with Crippen molar-refractivity contribution >= 4 is 28.9 Å². The summed E-state index contributed by atoms with van der Waals surface area (Å²) in [7, 11) is 1.72. The lowest BCUT2D eigenvalue weighted by Crippen LogP contribution is -2.26. The van der Waals surface area contributed by atoms with E-state index in [0.717, 1.165) is 6.42 Å². The second-order valence-electron chi connectivity index (χ2n) is 6.21. The summed E-state index contributed by atoms with van der Waals surface area (Å²) in [5.41, 5.74) is 6.11. The monoisotopic (exact) mass is 369 g/mol. The number of fused-ring (bicyclic) bond motifs is 1. The first-order valence-electron chi connectivity index (χ1n) is 8.50. The number of nitrogens with two attached hydrogens (primary N) is 1. The topological polar surface area (TPSA) is 129 Å². The van der Waals surface area contributed by atoms with E-state index >= 15 is 0 Å². The number of hydrogen-bond acceptors (Lipinski definition) is 7. The molecular weight excluding hydrogens is 350 g/mol. The molecule has 10 heteroatoms. The lowest BCUT2D eigenvalue weighted by Gasteiger charge is -2.14. The fourth-order valence-corrected chi connectivity index (χ4v) is 3.15. The van der Waals surface area contributed by atoms with Gasteiger partial charge < -0.3 is 25.7 Å². The van der Waals surface area contributed by atoms with Gasteiger partial charge in [0, 0.05) is 25.9 Å². The molecule has 140 valence electrons. The number of nitrogens with zero attached hydrogens (tertiary/aromatic N) is 4. The van der Waals surface area contributed by atoms with Crippen LogP contribution in [-0.4, -0.2) is 45.3 Å². The zero-order valence-corrected chi connectivity index (χ0v) is 14.7. The molecule has 0 aliphatic carbocycles. The molecule has 4 N–H and O–H groups in total. The van der Waals surface area contributed by atoms with Gasteiger partial charge in [-0.3, -0.25) is 9.59 Å². The molecule has 1 atom stereocenters. The van der Waals surface area contributed by atoms with Crippen molar-refractivity contribution in [2.75, 3.05) is 30.9 Å². The predicted molar refractivity (Wildman–Crippen MR) is 99.5 cm³/mol. The van der Waals surface area contributed by atoms with Gasteiger partial charge in [-0.1, -0.05) is 0 Å². The third-order valence-corrected chi connectivity index (χ3v) is 4.53. The Morgan fingerprint density at radius 1 is 1.44 bits per heavy atom. The molecule has 10 nitrogen and oxygen atoms in total. The first-order chi connectivity index (χ1) is 13.1. The molecule has 3 aromatic rings. The Morgan fingerprint density at radius 3 is 3.00 bits per heavy atom. The van der Waals surface area contributed by atoms with E-state index in [4.69, 9.17) is 10.5 Å². The Morgan fingerprint density at radius 2 is 2.30 bits per heavy atom. The summed E-state index contributed by atoms with van der Waals surface area (Å²) in [6, 6.07) is 5.21. The van der Waals surface area contributed by atoms with Gasteiger partial charge in [-0.25, -0.2) is 4.98 Å². The quantitative estimate of drug-likeness (QED) is 0.605. The maximum Gasteiger partial charge on any atom is 0.274 e. The highest BCUT2D eigenvalue weighted by Gasteiger charge is 2.20. The summed E-state index contributed by atoms with van der Waals surface area (Å²) < 4.78 is 8.52. The van der Waals surface area contributed by atoms with Crippen LogP contribution < -0.4 is 21.9 Å². The van der Waals surface area contributed by atoms with Gasteiger partial charge in [-0.2, -0.15) is 9.61 Å². The molecule has 27 heavy (non-hydrogen) atoms. The van der Waals surface area contributed by atoms with Gasteiger partial charge in [0.25, 0.3) is 11.5 Å². The molecule has 1 amide bonds. The van der Waals surface area contributed by atoms with Crippen molar-refractivity contribution in [1.29, 1.82) is 0 Å². The number of ether oxygens (including phenoxy) is 1.